The highest BCUT2D eigenvalue weighted by Crippen LogP contribution is 1.77. The molecule has 0 aromatic heterocycles. The molecule has 0 saturated heterocycles. The highest BCUT2D eigenvalue weighted by molar-refractivity contribution is 5.77. The molecule has 0 radical (unpaired) electrons. The van der Waals surface area contributed by atoms with E-state index in [0.29, 0.717) is 39.5 Å². The minimum Gasteiger partial charge on any atom is -0.383 e. The summed E-state index contributed by atoms with van der Waals surface area (Å²) < 4.78 is 10.2. The third-order valence-electron chi connectivity index (χ3n) is 2.02. The van der Waals surface area contributed by atoms with Gasteiger partial charge in [-0.25, -0.2) is 0 Å². The van der Waals surface area contributed by atoms with Crippen molar-refractivity contribution < 1.29 is 14.3 Å². The molecule has 6 heteroatoms. The van der Waals surface area contributed by atoms with E-state index in [9.17, 15) is 4.79 Å². The highest BCUT2D eigenvalue weighted by atomic mass is 16.5. The topological polar surface area (TPSA) is 62.8 Å². The van der Waals surface area contributed by atoms with Crippen LogP contribution in [0.5, 0.6) is 0 Å². The number of hydrogen-bond donors (Lipinski definition) is 2. The number of nitrogens with zero attached hydrogens (tertiary/aromatic N) is 1. The van der Waals surface area contributed by atoms with Crippen LogP contribution in [0, 0.1) is 0 Å². The zero-order valence-corrected chi connectivity index (χ0v) is 11.1. The number of likely N-dealkylation sites (N-methyl/N-ethyl adjacent to an activating group) is 1. The lowest BCUT2D eigenvalue weighted by molar-refractivity contribution is -0.120. The quantitative estimate of drug-likeness (QED) is 0.455. The molecule has 0 aliphatic heterocycles. The SMILES string of the molecule is COCCNCC(=O)NCCOCCN(C)C. The van der Waals surface area contributed by atoms with E-state index in [1.807, 2.05) is 14.1 Å². The summed E-state index contributed by atoms with van der Waals surface area (Å²) in [6.45, 7) is 4.31. The van der Waals surface area contributed by atoms with Crippen LogP contribution >= 0.6 is 0 Å². The molecule has 0 spiro atoms. The summed E-state index contributed by atoms with van der Waals surface area (Å²) in [5.74, 6) is -0.0164. The van der Waals surface area contributed by atoms with E-state index in [1.165, 1.54) is 0 Å². The number of carbonyl (C=O) groups excluding carboxylic acids is 1. The van der Waals surface area contributed by atoms with Gasteiger partial charge in [0.25, 0.3) is 0 Å². The molecular formula is C11H25N3O3. The Bertz CT molecular complexity index is 189. The average molecular weight is 247 g/mol. The minimum atomic E-state index is -0.0164. The summed E-state index contributed by atoms with van der Waals surface area (Å²) in [7, 11) is 5.63. The van der Waals surface area contributed by atoms with E-state index in [0.717, 1.165) is 6.54 Å². The van der Waals surface area contributed by atoms with Crippen molar-refractivity contribution in [3.63, 3.8) is 0 Å². The van der Waals surface area contributed by atoms with Crippen molar-refractivity contribution in [1.82, 2.24) is 15.5 Å². The Labute approximate surface area is 104 Å². The van der Waals surface area contributed by atoms with E-state index in [4.69, 9.17) is 9.47 Å². The van der Waals surface area contributed by atoms with Gasteiger partial charge in [-0.2, -0.15) is 0 Å². The van der Waals surface area contributed by atoms with Crippen LogP contribution < -0.4 is 10.6 Å². The molecule has 0 heterocycles. The number of hydrogen-bond acceptors (Lipinski definition) is 5. The molecule has 0 atom stereocenters. The third-order valence-corrected chi connectivity index (χ3v) is 2.02. The molecule has 0 fully saturated rings. The second-order valence-electron chi connectivity index (χ2n) is 3.94. The molecule has 0 bridgehead atoms. The van der Waals surface area contributed by atoms with Gasteiger partial charge in [0.05, 0.1) is 26.4 Å². The number of nitrogens with one attached hydrogen (secondary N) is 2. The van der Waals surface area contributed by atoms with Gasteiger partial charge in [-0.3, -0.25) is 4.79 Å². The van der Waals surface area contributed by atoms with E-state index >= 15 is 0 Å². The summed E-state index contributed by atoms with van der Waals surface area (Å²) >= 11 is 0. The molecule has 0 aromatic carbocycles. The molecule has 0 aliphatic carbocycles. The van der Waals surface area contributed by atoms with Gasteiger partial charge in [0.1, 0.15) is 0 Å². The Balaban J connectivity index is 3.16. The van der Waals surface area contributed by atoms with Crippen molar-refractivity contribution >= 4 is 5.91 Å². The van der Waals surface area contributed by atoms with Crippen LogP contribution in [-0.4, -0.2) is 78.0 Å². The Morgan fingerprint density at radius 1 is 1.18 bits per heavy atom. The summed E-state index contributed by atoms with van der Waals surface area (Å²) in [5.41, 5.74) is 0. The Morgan fingerprint density at radius 2 is 1.94 bits per heavy atom. The van der Waals surface area contributed by atoms with Crippen LogP contribution in [0.25, 0.3) is 0 Å². The molecule has 0 aromatic rings. The predicted molar refractivity (Wildman–Crippen MR) is 67.1 cm³/mol. The van der Waals surface area contributed by atoms with Gasteiger partial charge >= 0.3 is 0 Å². The lowest BCUT2D eigenvalue weighted by Crippen LogP contribution is -2.36. The van der Waals surface area contributed by atoms with E-state index in [2.05, 4.69) is 15.5 Å². The average Bonchev–Trinajstić information content (AvgIpc) is 2.29. The molecule has 17 heavy (non-hydrogen) atoms. The van der Waals surface area contributed by atoms with Crippen LogP contribution in [0.15, 0.2) is 0 Å². The van der Waals surface area contributed by atoms with Crippen molar-refractivity contribution in [1.29, 1.82) is 0 Å². The predicted octanol–water partition coefficient (Wildman–Crippen LogP) is -1.08. The molecule has 1 amide bonds. The Hall–Kier alpha value is -0.690. The van der Waals surface area contributed by atoms with Crippen LogP contribution in [-0.2, 0) is 14.3 Å². The van der Waals surface area contributed by atoms with Gasteiger partial charge in [0, 0.05) is 26.7 Å². The van der Waals surface area contributed by atoms with Gasteiger partial charge in [-0.05, 0) is 14.1 Å². The molecule has 102 valence electrons. The fourth-order valence-electron chi connectivity index (χ4n) is 1.05. The molecular weight excluding hydrogens is 222 g/mol. The number of methoxy groups -OCH3 is 1. The smallest absolute Gasteiger partial charge is 0.234 e. The highest BCUT2D eigenvalue weighted by Gasteiger charge is 1.99. The van der Waals surface area contributed by atoms with Crippen molar-refractivity contribution in [2.24, 2.45) is 0 Å². The largest absolute Gasteiger partial charge is 0.383 e. The third kappa shape index (κ3) is 13.2. The first-order chi connectivity index (χ1) is 8.16. The number of amides is 1. The van der Waals surface area contributed by atoms with Gasteiger partial charge in [0.2, 0.25) is 5.91 Å². The van der Waals surface area contributed by atoms with Crippen molar-refractivity contribution in [2.45, 2.75) is 0 Å². The minimum absolute atomic E-state index is 0.0164. The van der Waals surface area contributed by atoms with Gasteiger partial charge in [-0.1, -0.05) is 0 Å². The molecule has 0 unspecified atom stereocenters. The van der Waals surface area contributed by atoms with E-state index in [1.54, 1.807) is 7.11 Å². The molecule has 2 N–H and O–H groups in total. The molecule has 0 rings (SSSR count). The second kappa shape index (κ2) is 11.8. The summed E-state index contributed by atoms with van der Waals surface area (Å²) in [4.78, 5) is 13.3. The number of ether oxygens (including phenoxy) is 2. The fourth-order valence-corrected chi connectivity index (χ4v) is 1.05. The first kappa shape index (κ1) is 16.3. The van der Waals surface area contributed by atoms with E-state index in [-0.39, 0.29) is 5.91 Å². The summed E-state index contributed by atoms with van der Waals surface area (Å²) in [5, 5.41) is 5.74. The Morgan fingerprint density at radius 3 is 2.59 bits per heavy atom. The van der Waals surface area contributed by atoms with Crippen molar-refractivity contribution in [3.05, 3.63) is 0 Å². The van der Waals surface area contributed by atoms with Crippen molar-refractivity contribution in [2.75, 3.05) is 67.2 Å². The lowest BCUT2D eigenvalue weighted by Gasteiger charge is -2.10. The normalized spacial score (nSPS) is 10.8. The first-order valence-corrected chi connectivity index (χ1v) is 5.85. The lowest BCUT2D eigenvalue weighted by atomic mass is 10.5. The van der Waals surface area contributed by atoms with Crippen LogP contribution in [0.4, 0.5) is 0 Å². The Kier molecular flexibility index (Phi) is 11.3. The summed E-state index contributed by atoms with van der Waals surface area (Å²) in [6.07, 6.45) is 0. The van der Waals surface area contributed by atoms with Crippen LogP contribution in [0.1, 0.15) is 0 Å². The molecule has 6 nitrogen and oxygen atoms in total. The van der Waals surface area contributed by atoms with Crippen molar-refractivity contribution in [3.8, 4) is 0 Å². The number of rotatable bonds is 11. The van der Waals surface area contributed by atoms with Crippen LogP contribution in [0.2, 0.25) is 0 Å². The maximum atomic E-state index is 11.3. The van der Waals surface area contributed by atoms with Crippen LogP contribution in [0.3, 0.4) is 0 Å². The second-order valence-corrected chi connectivity index (χ2v) is 3.94. The number of carbonyl (C=O) groups is 1. The zero-order valence-electron chi connectivity index (χ0n) is 11.1. The maximum absolute atomic E-state index is 11.3. The standard InChI is InChI=1S/C11H25N3O3/c1-14(2)6-9-17-8-5-13-11(15)10-12-4-7-16-3/h12H,4-10H2,1-3H3,(H,13,15). The maximum Gasteiger partial charge on any atom is 0.234 e. The summed E-state index contributed by atoms with van der Waals surface area (Å²) in [6, 6.07) is 0. The van der Waals surface area contributed by atoms with Gasteiger partial charge in [-0.15, -0.1) is 0 Å². The monoisotopic (exact) mass is 247 g/mol. The first-order valence-electron chi connectivity index (χ1n) is 5.85. The molecule has 0 saturated carbocycles. The van der Waals surface area contributed by atoms with Gasteiger partial charge < -0.3 is 25.0 Å². The molecule has 0 aliphatic rings. The van der Waals surface area contributed by atoms with Gasteiger partial charge in [0.15, 0.2) is 0 Å². The van der Waals surface area contributed by atoms with E-state index < -0.39 is 0 Å². The zero-order chi connectivity index (χ0) is 12.9. The fraction of sp³-hybridized carbons (Fsp3) is 0.909.